The number of nitrogens with zero attached hydrogens (tertiary/aromatic N) is 3. The van der Waals surface area contributed by atoms with Gasteiger partial charge < -0.3 is 39.3 Å². The van der Waals surface area contributed by atoms with Gasteiger partial charge in [0.25, 0.3) is 5.69 Å². The van der Waals surface area contributed by atoms with Gasteiger partial charge in [0.15, 0.2) is 0 Å². The van der Waals surface area contributed by atoms with E-state index in [4.69, 9.17) is 24.2 Å². The molecule has 6 atom stereocenters. The van der Waals surface area contributed by atoms with E-state index in [0.717, 1.165) is 42.4 Å². The lowest BCUT2D eigenvalue weighted by molar-refractivity contribution is -0.384. The average molecular weight is 770 g/mol. The molecule has 1 saturated carbocycles. The van der Waals surface area contributed by atoms with E-state index in [1.54, 1.807) is 43.5 Å². The van der Waals surface area contributed by atoms with E-state index in [-0.39, 0.29) is 68.6 Å². The lowest BCUT2D eigenvalue weighted by atomic mass is 9.55. The molecule has 3 aromatic rings. The molecule has 6 rings (SSSR count). The first kappa shape index (κ1) is 40.4. The van der Waals surface area contributed by atoms with Crippen molar-refractivity contribution in [2.45, 2.75) is 75.9 Å². The van der Waals surface area contributed by atoms with Gasteiger partial charge in [0, 0.05) is 50.3 Å². The van der Waals surface area contributed by atoms with Crippen molar-refractivity contribution >= 4 is 17.5 Å². The fraction of sp³-hybridized carbons (Fsp3) is 0.442. The van der Waals surface area contributed by atoms with Crippen LogP contribution < -0.4 is 4.74 Å². The van der Waals surface area contributed by atoms with Crippen LogP contribution in [-0.4, -0.2) is 75.6 Å². The van der Waals surface area contributed by atoms with Crippen molar-refractivity contribution in [2.75, 3.05) is 26.9 Å². The van der Waals surface area contributed by atoms with Gasteiger partial charge in [-0.3, -0.25) is 10.1 Å². The van der Waals surface area contributed by atoms with Crippen molar-refractivity contribution in [3.05, 3.63) is 124 Å². The summed E-state index contributed by atoms with van der Waals surface area (Å²) in [5.74, 6) is -1.66. The van der Waals surface area contributed by atoms with Crippen LogP contribution in [0.4, 0.5) is 10.5 Å². The maximum absolute atomic E-state index is 14.0. The van der Waals surface area contributed by atoms with Crippen molar-refractivity contribution in [2.24, 2.45) is 22.9 Å². The number of hydrogen-bond acceptors (Lipinski definition) is 11. The molecule has 0 aromatic heterocycles. The summed E-state index contributed by atoms with van der Waals surface area (Å²) >= 11 is 0. The number of phenolic OH excluding ortho intramolecular Hbond substituents is 1. The van der Waals surface area contributed by atoms with Crippen molar-refractivity contribution in [3.8, 4) is 11.5 Å². The number of likely N-dealkylation sites (N-methyl/N-ethyl adjacent to an activating group) is 1. The van der Waals surface area contributed by atoms with Gasteiger partial charge in [-0.05, 0) is 84.6 Å². The molecule has 3 aromatic carbocycles. The molecule has 0 radical (unpaired) electrons. The van der Waals surface area contributed by atoms with Gasteiger partial charge in [0.05, 0.1) is 23.2 Å². The molecular weight excluding hydrogens is 718 g/mol. The largest absolute Gasteiger partial charge is 0.508 e. The zero-order valence-corrected chi connectivity index (χ0v) is 31.7. The summed E-state index contributed by atoms with van der Waals surface area (Å²) in [5.41, 5.74) is 3.71. The summed E-state index contributed by atoms with van der Waals surface area (Å²) < 4.78 is 19.7. The number of amides is 1. The second-order valence-electron chi connectivity index (χ2n) is 14.6. The first-order valence-corrected chi connectivity index (χ1v) is 19.3. The first-order chi connectivity index (χ1) is 27.2. The highest BCUT2D eigenvalue weighted by atomic mass is 16.7. The third kappa shape index (κ3) is 8.75. The number of rotatable bonds is 18. The van der Waals surface area contributed by atoms with Crippen molar-refractivity contribution < 1.29 is 44.1 Å². The topological polar surface area (TPSA) is 173 Å². The fourth-order valence-electron chi connectivity index (χ4n) is 8.58. The summed E-state index contributed by atoms with van der Waals surface area (Å²) in [6.07, 6.45) is 7.77. The molecule has 2 aliphatic carbocycles. The predicted octanol–water partition coefficient (Wildman–Crippen LogP) is 7.40. The minimum atomic E-state index is -1.46. The van der Waals surface area contributed by atoms with E-state index in [0.29, 0.717) is 29.9 Å². The Morgan fingerprint density at radius 2 is 1.73 bits per heavy atom. The molecule has 1 amide bonds. The Morgan fingerprint density at radius 1 is 1.02 bits per heavy atom. The standard InChI is InChI=1S/C43H51N3O10/c1-3-23-54-43-39(45(2)42(50)53-27-29-11-5-4-6-12-29)26-37(44-55-28-30-15-17-32(18-16-30)46(51)52)35-24-31(13-7-9-21-47)34(14-8-10-22-48)40(41(35)43)36-25-33(49)19-20-38(36)56-43/h3-6,11-12,15-20,24-25,31,34,39-41,47-49H,1,7-10,13-14,21-23,26-28H2,2H3. The Hall–Kier alpha value is -5.24. The maximum Gasteiger partial charge on any atom is 0.410 e. The summed E-state index contributed by atoms with van der Waals surface area (Å²) in [6.45, 7) is 4.27. The molecule has 1 fully saturated rings. The van der Waals surface area contributed by atoms with Crippen LogP contribution in [0.2, 0.25) is 0 Å². The summed E-state index contributed by atoms with van der Waals surface area (Å²) in [6, 6.07) is 19.7. The number of non-ortho nitro benzene ring substituents is 1. The molecular formula is C43H51N3O10. The van der Waals surface area contributed by atoms with E-state index in [1.807, 2.05) is 30.3 Å². The van der Waals surface area contributed by atoms with Gasteiger partial charge in [0.1, 0.15) is 30.8 Å². The molecule has 0 spiro atoms. The molecule has 0 saturated heterocycles. The van der Waals surface area contributed by atoms with Crippen LogP contribution in [0.25, 0.3) is 0 Å². The predicted molar refractivity (Wildman–Crippen MR) is 209 cm³/mol. The zero-order chi connectivity index (χ0) is 39.7. The number of aromatic hydroxyl groups is 1. The fourth-order valence-corrected chi connectivity index (χ4v) is 8.58. The van der Waals surface area contributed by atoms with Gasteiger partial charge in [-0.15, -0.1) is 6.58 Å². The number of oxime groups is 1. The minimum Gasteiger partial charge on any atom is -0.508 e. The number of aliphatic hydroxyl groups excluding tert-OH is 2. The zero-order valence-electron chi connectivity index (χ0n) is 31.7. The minimum absolute atomic E-state index is 0.00140. The number of carbonyl (C=O) groups is 1. The number of allylic oxidation sites excluding steroid dienone is 1. The van der Waals surface area contributed by atoms with Gasteiger partial charge in [0.2, 0.25) is 5.79 Å². The number of unbranched alkanes of at least 4 members (excludes halogenated alkanes) is 2. The van der Waals surface area contributed by atoms with E-state index < -0.39 is 28.8 Å². The lowest BCUT2D eigenvalue weighted by Crippen LogP contribution is -2.69. The van der Waals surface area contributed by atoms with Crippen molar-refractivity contribution in [1.29, 1.82) is 0 Å². The third-order valence-corrected chi connectivity index (χ3v) is 11.2. The third-order valence-electron chi connectivity index (χ3n) is 11.2. The Balaban J connectivity index is 1.48. The number of benzene rings is 3. The molecule has 3 N–H and O–H groups in total. The number of fused-ring (bicyclic) bond motifs is 2. The number of carbonyl (C=O) groups excluding carboxylic acids is 1. The Kier molecular flexibility index (Phi) is 13.4. The SMILES string of the molecule is C=CCOC12Oc3ccc(O)cc3C3C(CCCCO)C(CCCCO)C=C(C(=NOCc4ccc([N+](=O)[O-])cc4)CC1N(C)C(=O)OCc1ccccc1)C32. The second kappa shape index (κ2) is 18.6. The first-order valence-electron chi connectivity index (χ1n) is 19.3. The van der Waals surface area contributed by atoms with Gasteiger partial charge in [-0.1, -0.05) is 60.5 Å². The quantitative estimate of drug-likeness (QED) is 0.0512. The molecule has 0 bridgehead atoms. The summed E-state index contributed by atoms with van der Waals surface area (Å²) in [7, 11) is 1.66. The van der Waals surface area contributed by atoms with Gasteiger partial charge in [-0.2, -0.15) is 0 Å². The van der Waals surface area contributed by atoms with Crippen molar-refractivity contribution in [3.63, 3.8) is 0 Å². The molecule has 1 heterocycles. The Bertz CT molecular complexity index is 1880. The van der Waals surface area contributed by atoms with Crippen LogP contribution in [0.1, 0.15) is 67.6 Å². The van der Waals surface area contributed by atoms with Gasteiger partial charge in [-0.25, -0.2) is 4.79 Å². The monoisotopic (exact) mass is 769 g/mol. The number of nitro groups is 1. The number of hydrogen-bond donors (Lipinski definition) is 3. The van der Waals surface area contributed by atoms with Crippen LogP contribution in [0.5, 0.6) is 11.5 Å². The highest BCUT2D eigenvalue weighted by Gasteiger charge is 2.65. The normalized spacial score (nSPS) is 24.2. The van der Waals surface area contributed by atoms with E-state index in [2.05, 4.69) is 12.7 Å². The van der Waals surface area contributed by atoms with Crippen LogP contribution >= 0.6 is 0 Å². The van der Waals surface area contributed by atoms with Crippen LogP contribution in [0, 0.1) is 27.9 Å². The highest BCUT2D eigenvalue weighted by molar-refractivity contribution is 6.02. The smallest absolute Gasteiger partial charge is 0.410 e. The highest BCUT2D eigenvalue weighted by Crippen LogP contribution is 2.61. The number of nitro benzene ring substituents is 1. The molecule has 298 valence electrons. The Morgan fingerprint density at radius 3 is 2.43 bits per heavy atom. The number of aliphatic hydroxyl groups is 2. The molecule has 3 aliphatic rings. The molecule has 13 nitrogen and oxygen atoms in total. The van der Waals surface area contributed by atoms with E-state index in [9.17, 15) is 30.2 Å². The summed E-state index contributed by atoms with van der Waals surface area (Å²) in [4.78, 5) is 32.3. The lowest BCUT2D eigenvalue weighted by Gasteiger charge is -2.59. The van der Waals surface area contributed by atoms with Gasteiger partial charge >= 0.3 is 6.09 Å². The molecule has 1 aliphatic heterocycles. The van der Waals surface area contributed by atoms with Crippen LogP contribution in [0.3, 0.4) is 0 Å². The van der Waals surface area contributed by atoms with Crippen molar-refractivity contribution in [1.82, 2.24) is 4.90 Å². The molecule has 56 heavy (non-hydrogen) atoms. The van der Waals surface area contributed by atoms with Crippen LogP contribution in [-0.2, 0) is 27.5 Å². The van der Waals surface area contributed by atoms with E-state index >= 15 is 0 Å². The number of ether oxygens (including phenoxy) is 3. The maximum atomic E-state index is 14.0. The Labute approximate surface area is 327 Å². The number of phenols is 1. The summed E-state index contributed by atoms with van der Waals surface area (Å²) in [5, 5.41) is 46.4. The molecule has 13 heteroatoms. The van der Waals surface area contributed by atoms with Crippen LogP contribution in [0.15, 0.2) is 102 Å². The molecule has 6 unspecified atom stereocenters. The second-order valence-corrected chi connectivity index (χ2v) is 14.6. The van der Waals surface area contributed by atoms with E-state index in [1.165, 1.54) is 17.0 Å². The average Bonchev–Trinajstić information content (AvgIpc) is 3.21.